The molecule has 2 aromatic heterocycles. The summed E-state index contributed by atoms with van der Waals surface area (Å²) in [5, 5.41) is 0. The molecular weight excluding hydrogens is 308 g/mol. The van der Waals surface area contributed by atoms with Gasteiger partial charge in [-0.2, -0.15) is 0 Å². The van der Waals surface area contributed by atoms with E-state index in [1.54, 1.807) is 18.2 Å². The quantitative estimate of drug-likeness (QED) is 0.843. The normalized spacial score (nSPS) is 10.7. The van der Waals surface area contributed by atoms with Gasteiger partial charge in [0.15, 0.2) is 0 Å². The van der Waals surface area contributed by atoms with E-state index in [-0.39, 0.29) is 5.91 Å². The number of halogens is 1. The van der Waals surface area contributed by atoms with Crippen LogP contribution in [0.1, 0.15) is 29.6 Å². The van der Waals surface area contributed by atoms with Crippen molar-refractivity contribution in [3.8, 4) is 0 Å². The van der Waals surface area contributed by atoms with Gasteiger partial charge in [0.25, 0.3) is 5.91 Å². The molecule has 0 aliphatic rings. The summed E-state index contributed by atoms with van der Waals surface area (Å²) < 4.78 is 8.17. The van der Waals surface area contributed by atoms with Crippen LogP contribution in [0.25, 0.3) is 0 Å². The zero-order valence-electron chi connectivity index (χ0n) is 11.1. The van der Waals surface area contributed by atoms with Crippen molar-refractivity contribution >= 4 is 21.8 Å². The number of carbonyl (C=O) groups excluding carboxylic acids is 1. The highest BCUT2D eigenvalue weighted by molar-refractivity contribution is 9.10. The van der Waals surface area contributed by atoms with E-state index >= 15 is 0 Å². The van der Waals surface area contributed by atoms with E-state index in [4.69, 9.17) is 4.42 Å². The van der Waals surface area contributed by atoms with Crippen molar-refractivity contribution in [2.45, 2.75) is 26.4 Å². The Balaban J connectivity index is 2.14. The van der Waals surface area contributed by atoms with E-state index in [0.29, 0.717) is 12.2 Å². The molecule has 0 aromatic carbocycles. The fourth-order valence-corrected chi connectivity index (χ4v) is 2.45. The van der Waals surface area contributed by atoms with Gasteiger partial charge in [0, 0.05) is 24.3 Å². The second-order valence-corrected chi connectivity index (χ2v) is 5.39. The first-order valence-corrected chi connectivity index (χ1v) is 7.04. The average Bonchev–Trinajstić information content (AvgIpc) is 2.98. The molecule has 0 fully saturated rings. The third-order valence-corrected chi connectivity index (χ3v) is 3.30. The molecule has 0 saturated carbocycles. The van der Waals surface area contributed by atoms with Gasteiger partial charge in [-0.05, 0) is 40.5 Å². The van der Waals surface area contributed by atoms with Crippen LogP contribution in [0.15, 0.2) is 39.5 Å². The van der Waals surface area contributed by atoms with Gasteiger partial charge in [-0.15, -0.1) is 0 Å². The minimum atomic E-state index is -0.00412. The smallest absolute Gasteiger partial charge is 0.270 e. The van der Waals surface area contributed by atoms with Crippen LogP contribution in [-0.4, -0.2) is 22.4 Å². The number of hydrogen-bond acceptors (Lipinski definition) is 2. The van der Waals surface area contributed by atoms with Crippen LogP contribution in [0, 0.1) is 0 Å². The summed E-state index contributed by atoms with van der Waals surface area (Å²) in [5.41, 5.74) is 0.697. The lowest BCUT2D eigenvalue weighted by Crippen LogP contribution is -2.28. The van der Waals surface area contributed by atoms with Crippen molar-refractivity contribution in [3.63, 3.8) is 0 Å². The second-order valence-electron chi connectivity index (χ2n) is 4.48. The fraction of sp³-hybridized carbons (Fsp3) is 0.357. The topological polar surface area (TPSA) is 38.4 Å². The summed E-state index contributed by atoms with van der Waals surface area (Å²) in [4.78, 5) is 14.1. The number of hydrogen-bond donors (Lipinski definition) is 0. The molecule has 2 aromatic rings. The van der Waals surface area contributed by atoms with E-state index in [2.05, 4.69) is 22.9 Å². The van der Waals surface area contributed by atoms with Crippen molar-refractivity contribution in [2.75, 3.05) is 7.05 Å². The van der Waals surface area contributed by atoms with Gasteiger partial charge in [0.1, 0.15) is 11.5 Å². The van der Waals surface area contributed by atoms with E-state index in [1.807, 2.05) is 29.0 Å². The molecule has 0 unspecified atom stereocenters. The Morgan fingerprint density at radius 3 is 2.95 bits per heavy atom. The van der Waals surface area contributed by atoms with Crippen LogP contribution >= 0.6 is 15.9 Å². The SMILES string of the molecule is CCCn1cc(Br)cc1C(=O)N(C)Cc1ccco1. The largest absolute Gasteiger partial charge is 0.467 e. The number of aryl methyl sites for hydroxylation is 1. The van der Waals surface area contributed by atoms with Crippen molar-refractivity contribution in [2.24, 2.45) is 0 Å². The van der Waals surface area contributed by atoms with Crippen molar-refractivity contribution in [3.05, 3.63) is 46.6 Å². The predicted molar refractivity (Wildman–Crippen MR) is 76.9 cm³/mol. The molecule has 0 spiro atoms. The van der Waals surface area contributed by atoms with E-state index in [9.17, 15) is 4.79 Å². The van der Waals surface area contributed by atoms with E-state index in [0.717, 1.165) is 23.2 Å². The number of amides is 1. The molecule has 0 aliphatic carbocycles. The molecule has 4 nitrogen and oxygen atoms in total. The Bertz CT molecular complexity index is 546. The summed E-state index contributed by atoms with van der Waals surface area (Å²) in [7, 11) is 1.78. The third-order valence-electron chi connectivity index (χ3n) is 2.87. The standard InChI is InChI=1S/C14H17BrN2O2/c1-3-6-17-9-11(15)8-13(17)14(18)16(2)10-12-5-4-7-19-12/h4-5,7-9H,3,6,10H2,1-2H3. The first-order chi connectivity index (χ1) is 9.11. The monoisotopic (exact) mass is 324 g/mol. The Kier molecular flexibility index (Phi) is 4.47. The summed E-state index contributed by atoms with van der Waals surface area (Å²) in [6.07, 6.45) is 4.55. The Morgan fingerprint density at radius 2 is 2.32 bits per heavy atom. The third kappa shape index (κ3) is 3.29. The zero-order valence-corrected chi connectivity index (χ0v) is 12.7. The zero-order chi connectivity index (χ0) is 13.8. The van der Waals surface area contributed by atoms with Crippen LogP contribution in [-0.2, 0) is 13.1 Å². The van der Waals surface area contributed by atoms with Gasteiger partial charge >= 0.3 is 0 Å². The van der Waals surface area contributed by atoms with E-state index < -0.39 is 0 Å². The number of carbonyl (C=O) groups is 1. The van der Waals surface area contributed by atoms with Crippen molar-refractivity contribution in [1.29, 1.82) is 0 Å². The van der Waals surface area contributed by atoms with Gasteiger partial charge < -0.3 is 13.9 Å². The van der Waals surface area contributed by atoms with Crippen molar-refractivity contribution < 1.29 is 9.21 Å². The molecule has 102 valence electrons. The molecule has 0 radical (unpaired) electrons. The van der Waals surface area contributed by atoms with Gasteiger partial charge in [-0.3, -0.25) is 4.79 Å². The molecule has 2 heterocycles. The van der Waals surface area contributed by atoms with Crippen LogP contribution in [0.4, 0.5) is 0 Å². The highest BCUT2D eigenvalue weighted by atomic mass is 79.9. The van der Waals surface area contributed by atoms with Crippen LogP contribution in [0.3, 0.4) is 0 Å². The molecule has 0 saturated heterocycles. The number of rotatable bonds is 5. The van der Waals surface area contributed by atoms with Crippen LogP contribution in [0.2, 0.25) is 0 Å². The summed E-state index contributed by atoms with van der Waals surface area (Å²) in [5.74, 6) is 0.777. The number of nitrogens with zero attached hydrogens (tertiary/aromatic N) is 2. The highest BCUT2D eigenvalue weighted by Crippen LogP contribution is 2.18. The van der Waals surface area contributed by atoms with Gasteiger partial charge in [0.05, 0.1) is 12.8 Å². The number of furan rings is 1. The van der Waals surface area contributed by atoms with Crippen LogP contribution < -0.4 is 0 Å². The maximum atomic E-state index is 12.4. The minimum Gasteiger partial charge on any atom is -0.467 e. The summed E-state index contributed by atoms with van der Waals surface area (Å²) in [6, 6.07) is 5.55. The lowest BCUT2D eigenvalue weighted by atomic mass is 10.3. The second kappa shape index (κ2) is 6.10. The lowest BCUT2D eigenvalue weighted by molar-refractivity contribution is 0.0764. The highest BCUT2D eigenvalue weighted by Gasteiger charge is 2.17. The minimum absolute atomic E-state index is 0.00412. The van der Waals surface area contributed by atoms with Gasteiger partial charge in [-0.25, -0.2) is 0 Å². The molecule has 0 atom stereocenters. The molecular formula is C14H17BrN2O2. The number of aromatic nitrogens is 1. The fourth-order valence-electron chi connectivity index (χ4n) is 1.98. The van der Waals surface area contributed by atoms with E-state index in [1.165, 1.54) is 0 Å². The molecule has 2 rings (SSSR count). The average molecular weight is 325 g/mol. The summed E-state index contributed by atoms with van der Waals surface area (Å²) in [6.45, 7) is 3.40. The molecule has 0 N–H and O–H groups in total. The maximum absolute atomic E-state index is 12.4. The van der Waals surface area contributed by atoms with Gasteiger partial charge in [0.2, 0.25) is 0 Å². The van der Waals surface area contributed by atoms with Crippen LogP contribution in [0.5, 0.6) is 0 Å². The Morgan fingerprint density at radius 1 is 1.53 bits per heavy atom. The Hall–Kier alpha value is -1.49. The molecule has 0 bridgehead atoms. The maximum Gasteiger partial charge on any atom is 0.270 e. The first-order valence-electron chi connectivity index (χ1n) is 6.25. The lowest BCUT2D eigenvalue weighted by Gasteiger charge is -2.17. The summed E-state index contributed by atoms with van der Waals surface area (Å²) >= 11 is 3.42. The molecule has 5 heteroatoms. The molecule has 0 aliphatic heterocycles. The van der Waals surface area contributed by atoms with Crippen molar-refractivity contribution in [1.82, 2.24) is 9.47 Å². The first kappa shape index (κ1) is 13.9. The predicted octanol–water partition coefficient (Wildman–Crippen LogP) is 3.53. The molecule has 19 heavy (non-hydrogen) atoms. The molecule has 1 amide bonds. The Labute approximate surface area is 121 Å². The van der Waals surface area contributed by atoms with Gasteiger partial charge in [-0.1, -0.05) is 6.92 Å².